The molecule has 2 aromatic heterocycles. The molecule has 0 radical (unpaired) electrons. The number of aryl methyl sites for hydroxylation is 1. The summed E-state index contributed by atoms with van der Waals surface area (Å²) in [4.78, 5) is 12.9. The molecule has 1 N–H and O–H groups in total. The molecule has 0 aliphatic heterocycles. The zero-order valence-corrected chi connectivity index (χ0v) is 15.4. The van der Waals surface area contributed by atoms with E-state index in [1.54, 1.807) is 10.8 Å². The van der Waals surface area contributed by atoms with Gasteiger partial charge in [-0.2, -0.15) is 9.61 Å². The third kappa shape index (κ3) is 3.95. The quantitative estimate of drug-likeness (QED) is 0.555. The van der Waals surface area contributed by atoms with Crippen molar-refractivity contribution in [1.29, 1.82) is 0 Å². The molecule has 0 saturated carbocycles. The average Bonchev–Trinajstić information content (AvgIpc) is 3.29. The van der Waals surface area contributed by atoms with Crippen LogP contribution in [0.3, 0.4) is 0 Å². The molecule has 27 heavy (non-hydrogen) atoms. The van der Waals surface area contributed by atoms with E-state index in [9.17, 15) is 4.79 Å². The van der Waals surface area contributed by atoms with E-state index in [0.29, 0.717) is 11.4 Å². The highest BCUT2D eigenvalue weighted by molar-refractivity contribution is 7.19. The van der Waals surface area contributed by atoms with E-state index >= 15 is 0 Å². The second-order valence-electron chi connectivity index (χ2n) is 5.88. The molecule has 0 aliphatic carbocycles. The molecule has 1 amide bonds. The van der Waals surface area contributed by atoms with Crippen molar-refractivity contribution >= 4 is 27.9 Å². The van der Waals surface area contributed by atoms with Crippen LogP contribution in [0.1, 0.15) is 12.5 Å². The lowest BCUT2D eigenvalue weighted by Crippen LogP contribution is -2.20. The second kappa shape index (κ2) is 7.55. The fraction of sp³-hybridized carbons (Fsp3) is 0.158. The number of ether oxygens (including phenoxy) is 1. The maximum Gasteiger partial charge on any atom is 0.262 e. The number of nitrogens with zero attached hydrogens (tertiary/aromatic N) is 4. The van der Waals surface area contributed by atoms with E-state index < -0.39 is 0 Å². The summed E-state index contributed by atoms with van der Waals surface area (Å²) in [5.41, 5.74) is 2.82. The van der Waals surface area contributed by atoms with Gasteiger partial charge in [-0.15, -0.1) is 10.2 Å². The van der Waals surface area contributed by atoms with Crippen molar-refractivity contribution in [3.8, 4) is 16.3 Å². The SMILES string of the molecule is CCc1ccc(OCC(=O)Nc2cccc(-c3nn4cnnc4s3)c2)cc1. The highest BCUT2D eigenvalue weighted by Crippen LogP contribution is 2.26. The van der Waals surface area contributed by atoms with Crippen LogP contribution in [0.15, 0.2) is 54.9 Å². The summed E-state index contributed by atoms with van der Waals surface area (Å²) < 4.78 is 7.17. The summed E-state index contributed by atoms with van der Waals surface area (Å²) in [6.45, 7) is 2.05. The number of carbonyl (C=O) groups excluding carboxylic acids is 1. The Hall–Kier alpha value is -3.26. The lowest BCUT2D eigenvalue weighted by molar-refractivity contribution is -0.118. The standard InChI is InChI=1S/C19H17N5O2S/c1-2-13-6-8-16(9-7-13)26-11-17(25)21-15-5-3-4-14(10-15)18-23-24-12-20-22-19(24)27-18/h3-10,12H,2,11H2,1H3,(H,21,25). The molecule has 0 saturated heterocycles. The minimum atomic E-state index is -0.218. The Morgan fingerprint density at radius 2 is 2.07 bits per heavy atom. The Morgan fingerprint density at radius 1 is 1.22 bits per heavy atom. The van der Waals surface area contributed by atoms with E-state index in [1.165, 1.54) is 16.9 Å². The monoisotopic (exact) mass is 379 g/mol. The first kappa shape index (κ1) is 17.2. The molecule has 8 heteroatoms. The van der Waals surface area contributed by atoms with Crippen molar-refractivity contribution in [3.63, 3.8) is 0 Å². The number of benzene rings is 2. The minimum Gasteiger partial charge on any atom is -0.484 e. The fourth-order valence-corrected chi connectivity index (χ4v) is 3.39. The van der Waals surface area contributed by atoms with Crippen LogP contribution in [0.25, 0.3) is 15.5 Å². The third-order valence-electron chi connectivity index (χ3n) is 3.98. The molecule has 2 heterocycles. The second-order valence-corrected chi connectivity index (χ2v) is 6.84. The molecule has 136 valence electrons. The Morgan fingerprint density at radius 3 is 2.85 bits per heavy atom. The van der Waals surface area contributed by atoms with Gasteiger partial charge >= 0.3 is 0 Å². The van der Waals surface area contributed by atoms with Gasteiger partial charge in [0.1, 0.15) is 17.1 Å². The average molecular weight is 379 g/mol. The van der Waals surface area contributed by atoms with Crippen LogP contribution in [-0.2, 0) is 11.2 Å². The van der Waals surface area contributed by atoms with E-state index in [4.69, 9.17) is 4.74 Å². The number of carbonyl (C=O) groups is 1. The highest BCUT2D eigenvalue weighted by atomic mass is 32.1. The Labute approximate surface area is 159 Å². The van der Waals surface area contributed by atoms with Crippen LogP contribution in [0, 0.1) is 0 Å². The zero-order chi connectivity index (χ0) is 18.6. The number of hydrogen-bond acceptors (Lipinski definition) is 6. The molecular weight excluding hydrogens is 362 g/mol. The largest absolute Gasteiger partial charge is 0.484 e. The normalized spacial score (nSPS) is 10.9. The van der Waals surface area contributed by atoms with Crippen molar-refractivity contribution in [3.05, 3.63) is 60.4 Å². The maximum atomic E-state index is 12.2. The first-order chi connectivity index (χ1) is 13.2. The number of fused-ring (bicyclic) bond motifs is 1. The van der Waals surface area contributed by atoms with Crippen molar-refractivity contribution in [2.24, 2.45) is 0 Å². The Kier molecular flexibility index (Phi) is 4.80. The summed E-state index contributed by atoms with van der Waals surface area (Å²) in [6, 6.07) is 15.3. The fourth-order valence-electron chi connectivity index (χ4n) is 2.57. The third-order valence-corrected chi connectivity index (χ3v) is 4.94. The molecule has 0 spiro atoms. The van der Waals surface area contributed by atoms with Gasteiger partial charge in [0.15, 0.2) is 6.61 Å². The molecule has 0 unspecified atom stereocenters. The summed E-state index contributed by atoms with van der Waals surface area (Å²) in [6.07, 6.45) is 2.53. The van der Waals surface area contributed by atoms with Crippen LogP contribution in [-0.4, -0.2) is 32.3 Å². The number of aromatic nitrogens is 4. The van der Waals surface area contributed by atoms with Crippen LogP contribution in [0.2, 0.25) is 0 Å². The molecule has 4 rings (SSSR count). The molecule has 0 atom stereocenters. The summed E-state index contributed by atoms with van der Waals surface area (Å²) in [5, 5.41) is 15.9. The smallest absolute Gasteiger partial charge is 0.262 e. The van der Waals surface area contributed by atoms with Gasteiger partial charge in [0.2, 0.25) is 4.96 Å². The van der Waals surface area contributed by atoms with E-state index in [1.807, 2.05) is 48.5 Å². The predicted molar refractivity (Wildman–Crippen MR) is 104 cm³/mol. The van der Waals surface area contributed by atoms with Crippen LogP contribution >= 0.6 is 11.3 Å². The lowest BCUT2D eigenvalue weighted by atomic mass is 10.2. The van der Waals surface area contributed by atoms with Gasteiger partial charge in [-0.05, 0) is 36.2 Å². The number of hydrogen-bond donors (Lipinski definition) is 1. The van der Waals surface area contributed by atoms with E-state index in [0.717, 1.165) is 22.0 Å². The van der Waals surface area contributed by atoms with Crippen LogP contribution in [0.4, 0.5) is 5.69 Å². The van der Waals surface area contributed by atoms with Crippen molar-refractivity contribution in [2.75, 3.05) is 11.9 Å². The van der Waals surface area contributed by atoms with Crippen molar-refractivity contribution < 1.29 is 9.53 Å². The highest BCUT2D eigenvalue weighted by Gasteiger charge is 2.10. The van der Waals surface area contributed by atoms with Gasteiger partial charge in [0.05, 0.1) is 0 Å². The molecule has 4 aromatic rings. The van der Waals surface area contributed by atoms with Gasteiger partial charge in [0, 0.05) is 11.3 Å². The summed E-state index contributed by atoms with van der Waals surface area (Å²) in [5.74, 6) is 0.459. The predicted octanol–water partition coefficient (Wildman–Crippen LogP) is 3.43. The van der Waals surface area contributed by atoms with Gasteiger partial charge < -0.3 is 10.1 Å². The lowest BCUT2D eigenvalue weighted by Gasteiger charge is -2.08. The summed E-state index contributed by atoms with van der Waals surface area (Å²) >= 11 is 1.44. The first-order valence-electron chi connectivity index (χ1n) is 8.50. The van der Waals surface area contributed by atoms with Gasteiger partial charge in [-0.3, -0.25) is 4.79 Å². The van der Waals surface area contributed by atoms with Gasteiger partial charge in [-0.1, -0.05) is 42.5 Å². The molecule has 0 fully saturated rings. The van der Waals surface area contributed by atoms with Gasteiger partial charge in [0.25, 0.3) is 5.91 Å². The molecule has 0 aliphatic rings. The Bertz CT molecular complexity index is 1040. The number of amides is 1. The van der Waals surface area contributed by atoms with Crippen molar-refractivity contribution in [1.82, 2.24) is 19.8 Å². The maximum absolute atomic E-state index is 12.2. The first-order valence-corrected chi connectivity index (χ1v) is 9.32. The van der Waals surface area contributed by atoms with Crippen molar-refractivity contribution in [2.45, 2.75) is 13.3 Å². The number of rotatable bonds is 6. The minimum absolute atomic E-state index is 0.0492. The topological polar surface area (TPSA) is 81.4 Å². The van der Waals surface area contributed by atoms with Crippen LogP contribution < -0.4 is 10.1 Å². The van der Waals surface area contributed by atoms with E-state index in [2.05, 4.69) is 27.5 Å². The number of nitrogens with one attached hydrogen (secondary N) is 1. The molecule has 7 nitrogen and oxygen atoms in total. The molecular formula is C19H17N5O2S. The zero-order valence-electron chi connectivity index (χ0n) is 14.6. The Balaban J connectivity index is 1.39. The van der Waals surface area contributed by atoms with Gasteiger partial charge in [-0.25, -0.2) is 0 Å². The molecule has 0 bridgehead atoms. The van der Waals surface area contributed by atoms with Crippen LogP contribution in [0.5, 0.6) is 5.75 Å². The summed E-state index contributed by atoms with van der Waals surface area (Å²) in [7, 11) is 0. The van der Waals surface area contributed by atoms with E-state index in [-0.39, 0.29) is 12.5 Å². The number of anilines is 1. The molecule has 2 aromatic carbocycles.